The number of amides is 2. The number of carbonyl (C=O) groups excluding carboxylic acids is 2. The third-order valence-electron chi connectivity index (χ3n) is 4.10. The van der Waals surface area contributed by atoms with E-state index in [1.54, 1.807) is 24.3 Å². The van der Waals surface area contributed by atoms with Gasteiger partial charge in [-0.05, 0) is 37.1 Å². The maximum absolute atomic E-state index is 12.5. The normalized spacial score (nSPS) is 16.4. The molecule has 0 radical (unpaired) electrons. The van der Waals surface area contributed by atoms with Gasteiger partial charge in [0.25, 0.3) is 11.8 Å². The van der Waals surface area contributed by atoms with Crippen LogP contribution in [0.5, 0.6) is 0 Å². The summed E-state index contributed by atoms with van der Waals surface area (Å²) in [6.45, 7) is 0. The van der Waals surface area contributed by atoms with E-state index in [0.29, 0.717) is 24.1 Å². The fraction of sp³-hybridized carbons (Fsp3) is 0.438. The molecule has 0 bridgehead atoms. The average molecular weight is 300 g/mol. The molecule has 2 rings (SSSR count). The number of nitrogens with zero attached hydrogens (tertiary/aromatic N) is 2. The monoisotopic (exact) mass is 300 g/mol. The summed E-state index contributed by atoms with van der Waals surface area (Å²) < 4.78 is 0. The van der Waals surface area contributed by atoms with Gasteiger partial charge in [-0.1, -0.05) is 19.3 Å². The zero-order valence-electron chi connectivity index (χ0n) is 12.6. The van der Waals surface area contributed by atoms with Crippen LogP contribution in [0.15, 0.2) is 24.3 Å². The number of anilines is 1. The minimum atomic E-state index is -0.985. The number of hydrogen-bond acceptors (Lipinski definition) is 4. The Hall–Kier alpha value is -2.55. The molecule has 0 spiro atoms. The molecule has 22 heavy (non-hydrogen) atoms. The van der Waals surface area contributed by atoms with Crippen molar-refractivity contribution in [1.29, 1.82) is 5.26 Å². The molecule has 6 nitrogen and oxygen atoms in total. The fourth-order valence-electron chi connectivity index (χ4n) is 2.84. The molecule has 0 saturated heterocycles. The first-order valence-electron chi connectivity index (χ1n) is 7.34. The SMILES string of the molecule is CN(C#N)C(=O)C1(NC(=O)c2ccc(N)cc2)CCCCC1. The lowest BCUT2D eigenvalue weighted by molar-refractivity contribution is -0.135. The fourth-order valence-corrected chi connectivity index (χ4v) is 2.84. The predicted octanol–water partition coefficient (Wildman–Crippen LogP) is 1.64. The average Bonchev–Trinajstić information content (AvgIpc) is 2.54. The largest absolute Gasteiger partial charge is 0.399 e. The molecular formula is C16H20N4O2. The zero-order valence-corrected chi connectivity index (χ0v) is 12.6. The second kappa shape index (κ2) is 6.48. The number of rotatable bonds is 3. The van der Waals surface area contributed by atoms with Crippen molar-refractivity contribution >= 4 is 17.5 Å². The van der Waals surface area contributed by atoms with E-state index in [1.165, 1.54) is 7.05 Å². The van der Waals surface area contributed by atoms with E-state index in [4.69, 9.17) is 11.0 Å². The molecule has 0 atom stereocenters. The van der Waals surface area contributed by atoms with Crippen molar-refractivity contribution in [2.45, 2.75) is 37.6 Å². The summed E-state index contributed by atoms with van der Waals surface area (Å²) in [4.78, 5) is 26.0. The van der Waals surface area contributed by atoms with Gasteiger partial charge in [0.05, 0.1) is 0 Å². The minimum absolute atomic E-state index is 0.318. The van der Waals surface area contributed by atoms with Crippen LogP contribution < -0.4 is 11.1 Å². The Labute approximate surface area is 129 Å². The highest BCUT2D eigenvalue weighted by Crippen LogP contribution is 2.30. The van der Waals surface area contributed by atoms with E-state index in [0.717, 1.165) is 24.2 Å². The Morgan fingerprint density at radius 3 is 2.36 bits per heavy atom. The summed E-state index contributed by atoms with van der Waals surface area (Å²) in [5, 5.41) is 11.8. The number of hydrogen-bond donors (Lipinski definition) is 2. The number of nitriles is 1. The van der Waals surface area contributed by atoms with Crippen LogP contribution in [-0.2, 0) is 4.79 Å². The van der Waals surface area contributed by atoms with Crippen molar-refractivity contribution < 1.29 is 9.59 Å². The van der Waals surface area contributed by atoms with E-state index < -0.39 is 5.54 Å². The lowest BCUT2D eigenvalue weighted by Gasteiger charge is -2.37. The first-order valence-corrected chi connectivity index (χ1v) is 7.34. The molecule has 1 saturated carbocycles. The van der Waals surface area contributed by atoms with Crippen LogP contribution in [0, 0.1) is 11.5 Å². The Balaban J connectivity index is 2.23. The van der Waals surface area contributed by atoms with E-state index in [1.807, 2.05) is 6.19 Å². The Morgan fingerprint density at radius 1 is 1.23 bits per heavy atom. The smallest absolute Gasteiger partial charge is 0.261 e. The molecular weight excluding hydrogens is 280 g/mol. The van der Waals surface area contributed by atoms with Crippen molar-refractivity contribution in [3.05, 3.63) is 29.8 Å². The van der Waals surface area contributed by atoms with Crippen molar-refractivity contribution in [2.24, 2.45) is 0 Å². The molecule has 2 amide bonds. The summed E-state index contributed by atoms with van der Waals surface area (Å²) >= 11 is 0. The molecule has 0 aromatic heterocycles. The first kappa shape index (κ1) is 15.8. The third kappa shape index (κ3) is 3.19. The molecule has 1 aliphatic carbocycles. The number of nitrogen functional groups attached to an aromatic ring is 1. The lowest BCUT2D eigenvalue weighted by atomic mass is 9.80. The minimum Gasteiger partial charge on any atom is -0.399 e. The highest BCUT2D eigenvalue weighted by molar-refractivity contribution is 5.99. The molecule has 0 aliphatic heterocycles. The number of carbonyl (C=O) groups is 2. The molecule has 3 N–H and O–H groups in total. The van der Waals surface area contributed by atoms with Gasteiger partial charge in [-0.3, -0.25) is 14.5 Å². The summed E-state index contributed by atoms with van der Waals surface area (Å²) in [6.07, 6.45) is 5.67. The topological polar surface area (TPSA) is 99.2 Å². The third-order valence-corrected chi connectivity index (χ3v) is 4.10. The van der Waals surface area contributed by atoms with Crippen molar-refractivity contribution in [3.8, 4) is 6.19 Å². The molecule has 1 aromatic rings. The standard InChI is InChI=1S/C16H20N4O2/c1-20(11-17)15(22)16(9-3-2-4-10-16)19-14(21)12-5-7-13(18)8-6-12/h5-8H,2-4,9-10,18H2,1H3,(H,19,21). The number of nitrogens with one attached hydrogen (secondary N) is 1. The van der Waals surface area contributed by atoms with Crippen LogP contribution in [0.3, 0.4) is 0 Å². The van der Waals surface area contributed by atoms with E-state index >= 15 is 0 Å². The maximum atomic E-state index is 12.5. The van der Waals surface area contributed by atoms with E-state index in [9.17, 15) is 9.59 Å². The van der Waals surface area contributed by atoms with E-state index in [2.05, 4.69) is 5.32 Å². The van der Waals surface area contributed by atoms with Gasteiger partial charge in [0, 0.05) is 18.3 Å². The van der Waals surface area contributed by atoms with Gasteiger partial charge in [-0.2, -0.15) is 5.26 Å². The quantitative estimate of drug-likeness (QED) is 0.503. The van der Waals surface area contributed by atoms with Gasteiger partial charge in [-0.25, -0.2) is 0 Å². The summed E-state index contributed by atoms with van der Waals surface area (Å²) in [7, 11) is 1.42. The van der Waals surface area contributed by atoms with Crippen LogP contribution in [0.4, 0.5) is 5.69 Å². The van der Waals surface area contributed by atoms with Crippen LogP contribution in [-0.4, -0.2) is 29.3 Å². The van der Waals surface area contributed by atoms with E-state index in [-0.39, 0.29) is 11.8 Å². The van der Waals surface area contributed by atoms with Gasteiger partial charge >= 0.3 is 0 Å². The van der Waals surface area contributed by atoms with Crippen LogP contribution in [0.1, 0.15) is 42.5 Å². The molecule has 1 aromatic carbocycles. The van der Waals surface area contributed by atoms with Gasteiger partial charge < -0.3 is 11.1 Å². The zero-order chi connectivity index (χ0) is 16.2. The second-order valence-corrected chi connectivity index (χ2v) is 5.68. The van der Waals surface area contributed by atoms with Crippen molar-refractivity contribution in [3.63, 3.8) is 0 Å². The first-order chi connectivity index (χ1) is 10.5. The summed E-state index contributed by atoms with van der Waals surface area (Å²) in [5.41, 5.74) is 5.65. The molecule has 0 unspecified atom stereocenters. The van der Waals surface area contributed by atoms with Crippen molar-refractivity contribution in [1.82, 2.24) is 10.2 Å². The number of likely N-dealkylation sites (N-methyl/N-ethyl adjacent to an activating group) is 1. The molecule has 116 valence electrons. The van der Waals surface area contributed by atoms with Gasteiger partial charge in [0.15, 0.2) is 6.19 Å². The number of nitrogens with two attached hydrogens (primary N) is 1. The highest BCUT2D eigenvalue weighted by Gasteiger charge is 2.42. The highest BCUT2D eigenvalue weighted by atomic mass is 16.2. The van der Waals surface area contributed by atoms with Crippen LogP contribution in [0.2, 0.25) is 0 Å². The molecule has 0 heterocycles. The molecule has 1 fully saturated rings. The molecule has 1 aliphatic rings. The van der Waals surface area contributed by atoms with Gasteiger partial charge in [-0.15, -0.1) is 0 Å². The number of benzene rings is 1. The predicted molar refractivity (Wildman–Crippen MR) is 82.5 cm³/mol. The van der Waals surface area contributed by atoms with Crippen LogP contribution in [0.25, 0.3) is 0 Å². The van der Waals surface area contributed by atoms with Crippen LogP contribution >= 0.6 is 0 Å². The second-order valence-electron chi connectivity index (χ2n) is 5.68. The Kier molecular flexibility index (Phi) is 4.66. The molecule has 6 heteroatoms. The van der Waals surface area contributed by atoms with Crippen molar-refractivity contribution in [2.75, 3.05) is 12.8 Å². The summed E-state index contributed by atoms with van der Waals surface area (Å²) in [5.74, 6) is -0.667. The Bertz CT molecular complexity index is 598. The Morgan fingerprint density at radius 2 is 1.82 bits per heavy atom. The van der Waals surface area contributed by atoms with Gasteiger partial charge in [0.1, 0.15) is 5.54 Å². The van der Waals surface area contributed by atoms with Gasteiger partial charge in [0.2, 0.25) is 0 Å². The maximum Gasteiger partial charge on any atom is 0.261 e. The lowest BCUT2D eigenvalue weighted by Crippen LogP contribution is -2.59. The summed E-state index contributed by atoms with van der Waals surface area (Å²) in [6, 6.07) is 6.54.